The molecule has 0 aliphatic carbocycles. The van der Waals surface area contributed by atoms with Gasteiger partial charge in [-0.3, -0.25) is 0 Å². The summed E-state index contributed by atoms with van der Waals surface area (Å²) in [5.74, 6) is 1.39. The van der Waals surface area contributed by atoms with Gasteiger partial charge in [0, 0.05) is 26.8 Å². The number of halogens is 1. The van der Waals surface area contributed by atoms with E-state index in [0.717, 1.165) is 5.56 Å². The molecule has 0 amide bonds. The van der Waals surface area contributed by atoms with Crippen LogP contribution in [0.15, 0.2) is 30.3 Å². The molecule has 1 heterocycles. The van der Waals surface area contributed by atoms with Crippen molar-refractivity contribution in [1.29, 1.82) is 0 Å². The highest BCUT2D eigenvalue weighted by Crippen LogP contribution is 2.16. The lowest BCUT2D eigenvalue weighted by Gasteiger charge is -2.19. The first kappa shape index (κ1) is 14.2. The molecule has 1 aromatic heterocycles. The second-order valence-electron chi connectivity index (χ2n) is 4.48. The monoisotopic (exact) mass is 276 g/mol. The molecular weight excluding hydrogens is 259 g/mol. The van der Waals surface area contributed by atoms with Gasteiger partial charge in [0.15, 0.2) is 5.82 Å². The maximum absolute atomic E-state index is 12.9. The van der Waals surface area contributed by atoms with E-state index < -0.39 is 0 Å². The Bertz CT molecular complexity index is 574. The molecule has 0 spiro atoms. The molecule has 1 aromatic carbocycles. The van der Waals surface area contributed by atoms with Crippen LogP contribution in [0.25, 0.3) is 0 Å². The fourth-order valence-electron chi connectivity index (χ4n) is 1.84. The van der Waals surface area contributed by atoms with E-state index in [2.05, 4.69) is 9.97 Å². The Balaban J connectivity index is 2.15. The summed E-state index contributed by atoms with van der Waals surface area (Å²) in [6.45, 7) is 0.908. The number of ether oxygens (including phenoxy) is 1. The van der Waals surface area contributed by atoms with Gasteiger partial charge in [0.25, 0.3) is 0 Å². The molecule has 2 rings (SSSR count). The average Bonchev–Trinajstić information content (AvgIpc) is 2.41. The number of aromatic nitrogens is 2. The maximum Gasteiger partial charge on any atom is 0.158 e. The first-order valence-corrected chi connectivity index (χ1v) is 6.16. The molecule has 0 atom stereocenters. The molecule has 20 heavy (non-hydrogen) atoms. The highest BCUT2D eigenvalue weighted by molar-refractivity contribution is 5.46. The van der Waals surface area contributed by atoms with E-state index in [1.54, 1.807) is 25.3 Å². The second kappa shape index (κ2) is 6.29. The number of benzene rings is 1. The van der Waals surface area contributed by atoms with Gasteiger partial charge in [-0.25, -0.2) is 14.4 Å². The van der Waals surface area contributed by atoms with E-state index in [-0.39, 0.29) is 5.82 Å². The summed E-state index contributed by atoms with van der Waals surface area (Å²) in [5, 5.41) is 0. The predicted molar refractivity (Wildman–Crippen MR) is 75.7 cm³/mol. The van der Waals surface area contributed by atoms with Gasteiger partial charge < -0.3 is 15.4 Å². The van der Waals surface area contributed by atoms with Crippen LogP contribution >= 0.6 is 0 Å². The Morgan fingerprint density at radius 1 is 1.25 bits per heavy atom. The molecule has 2 aromatic rings. The van der Waals surface area contributed by atoms with Crippen LogP contribution in [0, 0.1) is 5.82 Å². The van der Waals surface area contributed by atoms with Crippen molar-refractivity contribution in [1.82, 2.24) is 9.97 Å². The van der Waals surface area contributed by atoms with E-state index >= 15 is 0 Å². The zero-order chi connectivity index (χ0) is 14.5. The summed E-state index contributed by atoms with van der Waals surface area (Å²) in [6, 6.07) is 8.06. The number of hydrogen-bond acceptors (Lipinski definition) is 5. The van der Waals surface area contributed by atoms with Crippen molar-refractivity contribution in [3.05, 3.63) is 47.5 Å². The largest absolute Gasteiger partial charge is 0.384 e. The minimum Gasteiger partial charge on any atom is -0.384 e. The Morgan fingerprint density at radius 3 is 2.60 bits per heavy atom. The van der Waals surface area contributed by atoms with E-state index in [0.29, 0.717) is 30.6 Å². The molecule has 5 nitrogen and oxygen atoms in total. The summed E-state index contributed by atoms with van der Waals surface area (Å²) >= 11 is 0. The van der Waals surface area contributed by atoms with Crippen molar-refractivity contribution < 1.29 is 9.13 Å². The molecule has 0 bridgehead atoms. The minimum absolute atomic E-state index is 0.245. The Kier molecular flexibility index (Phi) is 4.47. The lowest BCUT2D eigenvalue weighted by Crippen LogP contribution is -2.19. The quantitative estimate of drug-likeness (QED) is 0.904. The number of nitrogens with zero attached hydrogens (tertiary/aromatic N) is 3. The first-order valence-electron chi connectivity index (χ1n) is 6.16. The highest BCUT2D eigenvalue weighted by Gasteiger charge is 2.08. The summed E-state index contributed by atoms with van der Waals surface area (Å²) in [6.07, 6.45) is 0. The molecule has 0 radical (unpaired) electrons. The van der Waals surface area contributed by atoms with Crippen LogP contribution in [0.4, 0.5) is 16.0 Å². The fraction of sp³-hybridized carbons (Fsp3) is 0.286. The van der Waals surface area contributed by atoms with Crippen molar-refractivity contribution in [3.8, 4) is 0 Å². The van der Waals surface area contributed by atoms with Crippen molar-refractivity contribution in [2.75, 3.05) is 24.8 Å². The van der Waals surface area contributed by atoms with Crippen LogP contribution in [-0.2, 0) is 17.9 Å². The van der Waals surface area contributed by atoms with Crippen LogP contribution in [0.1, 0.15) is 11.4 Å². The SMILES string of the molecule is COCc1nc(N)cc(N(C)Cc2ccc(F)cc2)n1. The lowest BCUT2D eigenvalue weighted by molar-refractivity contribution is 0.178. The topological polar surface area (TPSA) is 64.3 Å². The molecule has 0 saturated heterocycles. The van der Waals surface area contributed by atoms with Gasteiger partial charge in [0.2, 0.25) is 0 Å². The number of hydrogen-bond donors (Lipinski definition) is 1. The molecule has 0 fully saturated rings. The molecule has 0 saturated carbocycles. The van der Waals surface area contributed by atoms with Crippen LogP contribution in [-0.4, -0.2) is 24.1 Å². The van der Waals surface area contributed by atoms with Gasteiger partial charge >= 0.3 is 0 Å². The van der Waals surface area contributed by atoms with Crippen LogP contribution in [0.5, 0.6) is 0 Å². The average molecular weight is 276 g/mol. The third-order valence-electron chi connectivity index (χ3n) is 2.78. The molecule has 2 N–H and O–H groups in total. The number of nitrogens with two attached hydrogens (primary N) is 1. The predicted octanol–water partition coefficient (Wildman–Crippen LogP) is 1.98. The zero-order valence-corrected chi connectivity index (χ0v) is 11.5. The summed E-state index contributed by atoms with van der Waals surface area (Å²) < 4.78 is 17.9. The van der Waals surface area contributed by atoms with Crippen LogP contribution in [0.3, 0.4) is 0 Å². The Hall–Kier alpha value is -2.21. The normalized spacial score (nSPS) is 10.6. The van der Waals surface area contributed by atoms with Crippen molar-refractivity contribution in [2.24, 2.45) is 0 Å². The summed E-state index contributed by atoms with van der Waals surface area (Å²) in [4.78, 5) is 10.4. The van der Waals surface area contributed by atoms with Crippen molar-refractivity contribution >= 4 is 11.6 Å². The third-order valence-corrected chi connectivity index (χ3v) is 2.78. The minimum atomic E-state index is -0.245. The van der Waals surface area contributed by atoms with Gasteiger partial charge in [0.1, 0.15) is 24.1 Å². The highest BCUT2D eigenvalue weighted by atomic mass is 19.1. The molecule has 0 unspecified atom stereocenters. The van der Waals surface area contributed by atoms with E-state index in [1.165, 1.54) is 12.1 Å². The summed E-state index contributed by atoms with van der Waals surface area (Å²) in [7, 11) is 3.47. The molecule has 0 aliphatic heterocycles. The van der Waals surface area contributed by atoms with Crippen molar-refractivity contribution in [2.45, 2.75) is 13.2 Å². The standard InChI is InChI=1S/C14H17FN4O/c1-19(8-10-3-5-11(15)6-4-10)14-7-12(16)17-13(18-14)9-20-2/h3-7H,8-9H2,1-2H3,(H2,16,17,18). The molecule has 106 valence electrons. The number of rotatable bonds is 5. The van der Waals surface area contributed by atoms with E-state index in [4.69, 9.17) is 10.5 Å². The number of anilines is 2. The van der Waals surface area contributed by atoms with Gasteiger partial charge in [0.05, 0.1) is 0 Å². The first-order chi connectivity index (χ1) is 9.58. The van der Waals surface area contributed by atoms with Gasteiger partial charge in [-0.15, -0.1) is 0 Å². The third kappa shape index (κ3) is 3.64. The van der Waals surface area contributed by atoms with Gasteiger partial charge in [-0.05, 0) is 17.7 Å². The second-order valence-corrected chi connectivity index (χ2v) is 4.48. The van der Waals surface area contributed by atoms with Gasteiger partial charge in [-0.1, -0.05) is 12.1 Å². The fourth-order valence-corrected chi connectivity index (χ4v) is 1.84. The zero-order valence-electron chi connectivity index (χ0n) is 11.5. The van der Waals surface area contributed by atoms with Crippen LogP contribution < -0.4 is 10.6 Å². The van der Waals surface area contributed by atoms with E-state index in [9.17, 15) is 4.39 Å². The smallest absolute Gasteiger partial charge is 0.158 e. The number of methoxy groups -OCH3 is 1. The molecular formula is C14H17FN4O. The lowest BCUT2D eigenvalue weighted by atomic mass is 10.2. The van der Waals surface area contributed by atoms with Crippen LogP contribution in [0.2, 0.25) is 0 Å². The Labute approximate surface area is 117 Å². The number of nitrogen functional groups attached to an aromatic ring is 1. The van der Waals surface area contributed by atoms with Gasteiger partial charge in [-0.2, -0.15) is 0 Å². The van der Waals surface area contributed by atoms with E-state index in [1.807, 2.05) is 11.9 Å². The molecule has 6 heteroatoms. The maximum atomic E-state index is 12.9. The van der Waals surface area contributed by atoms with Crippen molar-refractivity contribution in [3.63, 3.8) is 0 Å². The molecule has 0 aliphatic rings. The summed E-state index contributed by atoms with van der Waals surface area (Å²) in [5.41, 5.74) is 6.74. The Morgan fingerprint density at radius 2 is 1.95 bits per heavy atom.